The summed E-state index contributed by atoms with van der Waals surface area (Å²) in [5, 5.41) is 7.82. The van der Waals surface area contributed by atoms with Crippen LogP contribution in [0.1, 0.15) is 48.9 Å². The third-order valence-electron chi connectivity index (χ3n) is 4.23. The van der Waals surface area contributed by atoms with Crippen LogP contribution in [0.15, 0.2) is 6.07 Å². The second-order valence-electron chi connectivity index (χ2n) is 5.63. The number of hydrogen-bond donors (Lipinski definition) is 2. The summed E-state index contributed by atoms with van der Waals surface area (Å²) in [6, 6.07) is 2.11. The Labute approximate surface area is 114 Å². The SMILES string of the molecule is N=C(N)c1cc2c(nc1N1CCCCCC1)CCC2. The van der Waals surface area contributed by atoms with Crippen LogP contribution in [0.5, 0.6) is 0 Å². The van der Waals surface area contributed by atoms with Crippen LogP contribution in [-0.2, 0) is 12.8 Å². The van der Waals surface area contributed by atoms with E-state index in [0.717, 1.165) is 37.3 Å². The van der Waals surface area contributed by atoms with Crippen molar-refractivity contribution in [1.82, 2.24) is 4.98 Å². The van der Waals surface area contributed by atoms with Crippen LogP contribution in [0.25, 0.3) is 0 Å². The van der Waals surface area contributed by atoms with Gasteiger partial charge in [-0.2, -0.15) is 0 Å². The molecule has 1 aliphatic carbocycles. The molecule has 102 valence electrons. The Bertz CT molecular complexity index is 487. The molecule has 1 aromatic heterocycles. The predicted octanol–water partition coefficient (Wildman–Crippen LogP) is 2.23. The second-order valence-corrected chi connectivity index (χ2v) is 5.63. The number of nitrogens with one attached hydrogen (secondary N) is 1. The zero-order valence-corrected chi connectivity index (χ0v) is 11.4. The minimum absolute atomic E-state index is 0.154. The first-order valence-electron chi connectivity index (χ1n) is 7.38. The van der Waals surface area contributed by atoms with Crippen LogP contribution in [0.2, 0.25) is 0 Å². The zero-order valence-electron chi connectivity index (χ0n) is 11.4. The third-order valence-corrected chi connectivity index (χ3v) is 4.23. The quantitative estimate of drug-likeness (QED) is 0.631. The fraction of sp³-hybridized carbons (Fsp3) is 0.600. The zero-order chi connectivity index (χ0) is 13.2. The van der Waals surface area contributed by atoms with E-state index in [9.17, 15) is 0 Å². The van der Waals surface area contributed by atoms with Crippen molar-refractivity contribution in [3.8, 4) is 0 Å². The number of aromatic nitrogens is 1. The number of hydrogen-bond acceptors (Lipinski definition) is 3. The van der Waals surface area contributed by atoms with Crippen molar-refractivity contribution in [1.29, 1.82) is 5.41 Å². The maximum absolute atomic E-state index is 7.82. The monoisotopic (exact) mass is 258 g/mol. The molecular weight excluding hydrogens is 236 g/mol. The Morgan fingerprint density at radius 1 is 1.11 bits per heavy atom. The highest BCUT2D eigenvalue weighted by molar-refractivity contribution is 6.00. The Hall–Kier alpha value is -1.58. The maximum Gasteiger partial charge on any atom is 0.139 e. The van der Waals surface area contributed by atoms with Gasteiger partial charge in [0.15, 0.2) is 0 Å². The van der Waals surface area contributed by atoms with Gasteiger partial charge in [-0.05, 0) is 43.7 Å². The smallest absolute Gasteiger partial charge is 0.139 e. The molecule has 19 heavy (non-hydrogen) atoms. The van der Waals surface area contributed by atoms with Crippen molar-refractivity contribution in [2.75, 3.05) is 18.0 Å². The lowest BCUT2D eigenvalue weighted by Crippen LogP contribution is -2.29. The van der Waals surface area contributed by atoms with Crippen LogP contribution in [-0.4, -0.2) is 23.9 Å². The number of fused-ring (bicyclic) bond motifs is 1. The molecule has 3 rings (SSSR count). The number of nitrogen functional groups attached to an aromatic ring is 1. The summed E-state index contributed by atoms with van der Waals surface area (Å²) in [5.41, 5.74) is 9.13. The van der Waals surface area contributed by atoms with E-state index < -0.39 is 0 Å². The highest BCUT2D eigenvalue weighted by atomic mass is 15.2. The molecule has 2 aliphatic rings. The molecule has 1 aromatic rings. The molecule has 0 bridgehead atoms. The van der Waals surface area contributed by atoms with Crippen molar-refractivity contribution in [3.05, 3.63) is 22.9 Å². The molecule has 0 spiro atoms. The van der Waals surface area contributed by atoms with Gasteiger partial charge >= 0.3 is 0 Å². The summed E-state index contributed by atoms with van der Waals surface area (Å²) in [6.45, 7) is 2.10. The lowest BCUT2D eigenvalue weighted by atomic mass is 10.1. The predicted molar refractivity (Wildman–Crippen MR) is 78.0 cm³/mol. The summed E-state index contributed by atoms with van der Waals surface area (Å²) >= 11 is 0. The van der Waals surface area contributed by atoms with Crippen molar-refractivity contribution >= 4 is 11.7 Å². The van der Waals surface area contributed by atoms with E-state index >= 15 is 0 Å². The fourth-order valence-corrected chi connectivity index (χ4v) is 3.18. The van der Waals surface area contributed by atoms with Crippen molar-refractivity contribution < 1.29 is 0 Å². The first-order chi connectivity index (χ1) is 9.25. The molecule has 1 fully saturated rings. The van der Waals surface area contributed by atoms with E-state index in [-0.39, 0.29) is 5.84 Å². The molecular formula is C15H22N4. The van der Waals surface area contributed by atoms with Gasteiger partial charge in [0.1, 0.15) is 11.7 Å². The number of amidine groups is 1. The topological polar surface area (TPSA) is 66.0 Å². The molecule has 0 radical (unpaired) electrons. The number of nitrogens with zero attached hydrogens (tertiary/aromatic N) is 2. The average Bonchev–Trinajstić information content (AvgIpc) is 2.69. The first-order valence-corrected chi connectivity index (χ1v) is 7.38. The number of pyridine rings is 1. The summed E-state index contributed by atoms with van der Waals surface area (Å²) in [6.07, 6.45) is 8.39. The normalized spacial score (nSPS) is 19.1. The molecule has 1 aliphatic heterocycles. The summed E-state index contributed by atoms with van der Waals surface area (Å²) in [4.78, 5) is 7.18. The molecule has 0 aromatic carbocycles. The van der Waals surface area contributed by atoms with E-state index in [0.29, 0.717) is 0 Å². The first kappa shape index (κ1) is 12.5. The molecule has 0 saturated carbocycles. The lowest BCUT2D eigenvalue weighted by molar-refractivity contribution is 0.726. The van der Waals surface area contributed by atoms with Gasteiger partial charge in [-0.1, -0.05) is 12.8 Å². The van der Waals surface area contributed by atoms with E-state index in [1.165, 1.54) is 43.4 Å². The van der Waals surface area contributed by atoms with Gasteiger partial charge in [0.25, 0.3) is 0 Å². The number of nitrogens with two attached hydrogens (primary N) is 1. The van der Waals surface area contributed by atoms with Crippen molar-refractivity contribution in [2.24, 2.45) is 5.73 Å². The maximum atomic E-state index is 7.82. The highest BCUT2D eigenvalue weighted by Gasteiger charge is 2.21. The van der Waals surface area contributed by atoms with Gasteiger partial charge in [-0.15, -0.1) is 0 Å². The molecule has 2 heterocycles. The molecule has 3 N–H and O–H groups in total. The van der Waals surface area contributed by atoms with Gasteiger partial charge < -0.3 is 10.6 Å². The summed E-state index contributed by atoms with van der Waals surface area (Å²) in [7, 11) is 0. The van der Waals surface area contributed by atoms with Crippen LogP contribution < -0.4 is 10.6 Å². The Morgan fingerprint density at radius 3 is 2.53 bits per heavy atom. The minimum atomic E-state index is 0.154. The summed E-state index contributed by atoms with van der Waals surface area (Å²) < 4.78 is 0. The van der Waals surface area contributed by atoms with Crippen molar-refractivity contribution in [3.63, 3.8) is 0 Å². The Balaban J connectivity index is 2.00. The fourth-order valence-electron chi connectivity index (χ4n) is 3.18. The standard InChI is InChI=1S/C15H22N4/c16-14(17)12-10-11-6-5-7-13(11)18-15(12)19-8-3-1-2-4-9-19/h10H,1-9H2,(H3,16,17). The Kier molecular flexibility index (Phi) is 3.40. The van der Waals surface area contributed by atoms with E-state index in [4.69, 9.17) is 16.1 Å². The van der Waals surface area contributed by atoms with Crippen LogP contribution in [0.4, 0.5) is 5.82 Å². The van der Waals surface area contributed by atoms with Gasteiger partial charge in [0.05, 0.1) is 5.56 Å². The van der Waals surface area contributed by atoms with Gasteiger partial charge in [-0.25, -0.2) is 4.98 Å². The largest absolute Gasteiger partial charge is 0.384 e. The number of aryl methyl sites for hydroxylation is 2. The molecule has 4 heteroatoms. The average molecular weight is 258 g/mol. The molecule has 0 unspecified atom stereocenters. The molecule has 4 nitrogen and oxygen atoms in total. The summed E-state index contributed by atoms with van der Waals surface area (Å²) in [5.74, 6) is 1.11. The van der Waals surface area contributed by atoms with Gasteiger partial charge in [0, 0.05) is 18.8 Å². The van der Waals surface area contributed by atoms with Crippen molar-refractivity contribution in [2.45, 2.75) is 44.9 Å². The minimum Gasteiger partial charge on any atom is -0.384 e. The molecule has 0 amide bonds. The van der Waals surface area contributed by atoms with E-state index in [2.05, 4.69) is 11.0 Å². The second kappa shape index (κ2) is 5.19. The highest BCUT2D eigenvalue weighted by Crippen LogP contribution is 2.28. The van der Waals surface area contributed by atoms with E-state index in [1.54, 1.807) is 0 Å². The lowest BCUT2D eigenvalue weighted by Gasteiger charge is -2.24. The molecule has 1 saturated heterocycles. The van der Waals surface area contributed by atoms with Crippen LogP contribution >= 0.6 is 0 Å². The Morgan fingerprint density at radius 2 is 1.84 bits per heavy atom. The van der Waals surface area contributed by atoms with Gasteiger partial charge in [0.2, 0.25) is 0 Å². The third kappa shape index (κ3) is 2.44. The number of rotatable bonds is 2. The van der Waals surface area contributed by atoms with Crippen LogP contribution in [0.3, 0.4) is 0 Å². The molecule has 0 atom stereocenters. The number of anilines is 1. The van der Waals surface area contributed by atoms with Gasteiger partial charge in [-0.3, -0.25) is 5.41 Å². The van der Waals surface area contributed by atoms with Crippen LogP contribution in [0, 0.1) is 5.41 Å². The van der Waals surface area contributed by atoms with E-state index in [1.807, 2.05) is 0 Å².